The van der Waals surface area contributed by atoms with Gasteiger partial charge >= 0.3 is 0 Å². The van der Waals surface area contributed by atoms with Crippen molar-refractivity contribution in [1.29, 1.82) is 0 Å². The van der Waals surface area contributed by atoms with Gasteiger partial charge in [-0.1, -0.05) is 0 Å². The van der Waals surface area contributed by atoms with E-state index in [9.17, 15) is 9.59 Å². The van der Waals surface area contributed by atoms with Crippen molar-refractivity contribution in [2.24, 2.45) is 5.92 Å². The number of hydrogen-bond acceptors (Lipinski definition) is 3. The van der Waals surface area contributed by atoms with Crippen LogP contribution < -0.4 is 5.32 Å². The molecule has 3 nitrogen and oxygen atoms in total. The van der Waals surface area contributed by atoms with Crippen molar-refractivity contribution in [1.82, 2.24) is 5.32 Å². The van der Waals surface area contributed by atoms with Gasteiger partial charge in [0.15, 0.2) is 0 Å². The van der Waals surface area contributed by atoms with Gasteiger partial charge in [0, 0.05) is 6.54 Å². The Bertz CT molecular complexity index is 200. The first-order valence-electron chi connectivity index (χ1n) is 4.52. The summed E-state index contributed by atoms with van der Waals surface area (Å²) in [6.07, 6.45) is 1.21. The summed E-state index contributed by atoms with van der Waals surface area (Å²) in [6, 6.07) is 0. The van der Waals surface area contributed by atoms with Crippen LogP contribution in [0.25, 0.3) is 0 Å². The molecular formula is C9H15NO2S. The molecule has 13 heavy (non-hydrogen) atoms. The Morgan fingerprint density at radius 3 is 2.85 bits per heavy atom. The number of carbonyl (C=O) groups is 2. The molecule has 0 aromatic rings. The highest BCUT2D eigenvalue weighted by molar-refractivity contribution is 7.99. The molecule has 0 bridgehead atoms. The van der Waals surface area contributed by atoms with Crippen molar-refractivity contribution in [3.8, 4) is 0 Å². The van der Waals surface area contributed by atoms with Gasteiger partial charge in [-0.2, -0.15) is 11.8 Å². The van der Waals surface area contributed by atoms with E-state index in [4.69, 9.17) is 0 Å². The highest BCUT2D eigenvalue weighted by atomic mass is 32.2. The first-order chi connectivity index (χ1) is 6.18. The first-order valence-corrected chi connectivity index (χ1v) is 5.68. The summed E-state index contributed by atoms with van der Waals surface area (Å²) in [6.45, 7) is 2.17. The Kier molecular flexibility index (Phi) is 4.28. The van der Waals surface area contributed by atoms with Crippen LogP contribution in [0.2, 0.25) is 0 Å². The van der Waals surface area contributed by atoms with Gasteiger partial charge in [-0.15, -0.1) is 0 Å². The second kappa shape index (κ2) is 5.27. The number of nitrogens with one attached hydrogen (secondary N) is 1. The van der Waals surface area contributed by atoms with E-state index < -0.39 is 0 Å². The quantitative estimate of drug-likeness (QED) is 0.685. The fourth-order valence-electron chi connectivity index (χ4n) is 1.29. The molecule has 1 atom stereocenters. The topological polar surface area (TPSA) is 46.2 Å². The van der Waals surface area contributed by atoms with Crippen molar-refractivity contribution < 1.29 is 9.59 Å². The molecule has 1 heterocycles. The molecule has 1 rings (SSSR count). The van der Waals surface area contributed by atoms with E-state index in [1.807, 2.05) is 11.8 Å². The fourth-order valence-corrected chi connectivity index (χ4v) is 2.58. The van der Waals surface area contributed by atoms with Crippen LogP contribution in [-0.4, -0.2) is 29.7 Å². The van der Waals surface area contributed by atoms with E-state index in [1.165, 1.54) is 19.1 Å². The molecule has 1 N–H and O–H groups in total. The van der Waals surface area contributed by atoms with Crippen LogP contribution in [0, 0.1) is 5.92 Å². The van der Waals surface area contributed by atoms with Gasteiger partial charge in [-0.05, 0) is 30.8 Å². The lowest BCUT2D eigenvalue weighted by Crippen LogP contribution is -2.30. The monoisotopic (exact) mass is 201 g/mol. The van der Waals surface area contributed by atoms with Crippen molar-refractivity contribution in [2.45, 2.75) is 19.8 Å². The molecule has 0 saturated carbocycles. The van der Waals surface area contributed by atoms with Crippen LogP contribution in [0.1, 0.15) is 19.8 Å². The van der Waals surface area contributed by atoms with E-state index in [0.717, 1.165) is 12.3 Å². The van der Waals surface area contributed by atoms with E-state index in [0.29, 0.717) is 5.92 Å². The molecular weight excluding hydrogens is 186 g/mol. The Labute approximate surface area is 82.6 Å². The van der Waals surface area contributed by atoms with Crippen LogP contribution in [0.15, 0.2) is 0 Å². The molecule has 1 amide bonds. The number of Topliss-reactive ketones (excluding diaryl/α,β-unsaturated/α-hetero) is 1. The maximum absolute atomic E-state index is 11.1. The van der Waals surface area contributed by atoms with E-state index >= 15 is 0 Å². The summed E-state index contributed by atoms with van der Waals surface area (Å²) in [5.74, 6) is 2.75. The molecule has 0 aliphatic carbocycles. The number of ketones is 1. The molecule has 1 unspecified atom stereocenters. The number of amides is 1. The van der Waals surface area contributed by atoms with E-state index in [2.05, 4.69) is 5.32 Å². The Hall–Kier alpha value is -0.510. The smallest absolute Gasteiger partial charge is 0.227 e. The van der Waals surface area contributed by atoms with Gasteiger partial charge in [0.2, 0.25) is 5.91 Å². The predicted octanol–water partition coefficient (Wildman–Crippen LogP) is 0.835. The molecule has 1 aliphatic heterocycles. The average Bonchev–Trinajstić information content (AvgIpc) is 2.51. The lowest BCUT2D eigenvalue weighted by atomic mass is 10.1. The summed E-state index contributed by atoms with van der Waals surface area (Å²) in [4.78, 5) is 21.7. The van der Waals surface area contributed by atoms with Gasteiger partial charge in [0.1, 0.15) is 5.78 Å². The molecule has 1 fully saturated rings. The van der Waals surface area contributed by atoms with E-state index in [1.54, 1.807) is 0 Å². The second-order valence-electron chi connectivity index (χ2n) is 3.41. The normalized spacial score (nSPS) is 21.5. The van der Waals surface area contributed by atoms with Gasteiger partial charge in [-0.25, -0.2) is 0 Å². The van der Waals surface area contributed by atoms with Crippen LogP contribution >= 0.6 is 11.8 Å². The fraction of sp³-hybridized carbons (Fsp3) is 0.778. The second-order valence-corrected chi connectivity index (χ2v) is 4.56. The summed E-state index contributed by atoms with van der Waals surface area (Å²) in [7, 11) is 0. The number of carbonyl (C=O) groups excluding carboxylic acids is 2. The lowest BCUT2D eigenvalue weighted by molar-refractivity contribution is -0.127. The van der Waals surface area contributed by atoms with E-state index in [-0.39, 0.29) is 18.1 Å². The summed E-state index contributed by atoms with van der Waals surface area (Å²) < 4.78 is 0. The zero-order chi connectivity index (χ0) is 9.68. The zero-order valence-corrected chi connectivity index (χ0v) is 8.65. The first kappa shape index (κ1) is 10.6. The van der Waals surface area contributed by atoms with Crippen LogP contribution in [-0.2, 0) is 9.59 Å². The van der Waals surface area contributed by atoms with Gasteiger partial charge in [-0.3, -0.25) is 9.59 Å². The van der Waals surface area contributed by atoms with Crippen molar-refractivity contribution in [2.75, 3.05) is 18.1 Å². The van der Waals surface area contributed by atoms with Crippen LogP contribution in [0.5, 0.6) is 0 Å². The molecule has 0 aromatic heterocycles. The largest absolute Gasteiger partial charge is 0.355 e. The molecule has 0 radical (unpaired) electrons. The SMILES string of the molecule is CC(=O)CC(=O)NCC1CCSC1. The predicted molar refractivity (Wildman–Crippen MR) is 53.7 cm³/mol. The highest BCUT2D eigenvalue weighted by Gasteiger charge is 2.16. The van der Waals surface area contributed by atoms with Crippen molar-refractivity contribution in [3.05, 3.63) is 0 Å². The average molecular weight is 201 g/mol. The lowest BCUT2D eigenvalue weighted by Gasteiger charge is -2.08. The number of thioether (sulfide) groups is 1. The minimum absolute atomic E-state index is 0.0276. The molecule has 4 heteroatoms. The minimum Gasteiger partial charge on any atom is -0.355 e. The molecule has 74 valence electrons. The summed E-state index contributed by atoms with van der Waals surface area (Å²) in [5, 5.41) is 2.78. The summed E-state index contributed by atoms with van der Waals surface area (Å²) >= 11 is 1.93. The number of rotatable bonds is 4. The highest BCUT2D eigenvalue weighted by Crippen LogP contribution is 2.22. The van der Waals surface area contributed by atoms with Crippen LogP contribution in [0.3, 0.4) is 0 Å². The third-order valence-electron chi connectivity index (χ3n) is 2.02. The Morgan fingerprint density at radius 2 is 2.31 bits per heavy atom. The number of hydrogen-bond donors (Lipinski definition) is 1. The Morgan fingerprint density at radius 1 is 1.54 bits per heavy atom. The zero-order valence-electron chi connectivity index (χ0n) is 7.84. The Balaban J connectivity index is 2.10. The van der Waals surface area contributed by atoms with Crippen LogP contribution in [0.4, 0.5) is 0 Å². The molecule has 0 aromatic carbocycles. The van der Waals surface area contributed by atoms with Gasteiger partial charge in [0.25, 0.3) is 0 Å². The third kappa shape index (κ3) is 4.31. The third-order valence-corrected chi connectivity index (χ3v) is 3.25. The van der Waals surface area contributed by atoms with Crippen molar-refractivity contribution >= 4 is 23.5 Å². The van der Waals surface area contributed by atoms with Crippen molar-refractivity contribution in [3.63, 3.8) is 0 Å². The minimum atomic E-state index is -0.135. The molecule has 1 saturated heterocycles. The standard InChI is InChI=1S/C9H15NO2S/c1-7(11)4-9(12)10-5-8-2-3-13-6-8/h8H,2-6H2,1H3,(H,10,12). The van der Waals surface area contributed by atoms with Gasteiger partial charge in [0.05, 0.1) is 6.42 Å². The molecule has 1 aliphatic rings. The van der Waals surface area contributed by atoms with Gasteiger partial charge < -0.3 is 5.32 Å². The maximum Gasteiger partial charge on any atom is 0.227 e. The summed E-state index contributed by atoms with van der Waals surface area (Å²) in [5.41, 5.74) is 0. The maximum atomic E-state index is 11.1. The molecule has 0 spiro atoms.